The molecule has 0 heterocycles. The molecule has 3 N–H and O–H groups in total. The van der Waals surface area contributed by atoms with Gasteiger partial charge in [-0.2, -0.15) is 0 Å². The maximum Gasteiger partial charge on any atom is 0.0688 e. The molecule has 1 aromatic carbocycles. The molecule has 3 nitrogen and oxygen atoms in total. The summed E-state index contributed by atoms with van der Waals surface area (Å²) in [5, 5.41) is 26.4. The van der Waals surface area contributed by atoms with Crippen LogP contribution in [0.25, 0.3) is 0 Å². The lowest BCUT2D eigenvalue weighted by molar-refractivity contribution is 0.268. The quantitative estimate of drug-likeness (QED) is 0.592. The smallest absolute Gasteiger partial charge is 0.0688 e. The minimum atomic E-state index is -0.124. The maximum absolute atomic E-state index is 8.80. The van der Waals surface area contributed by atoms with Gasteiger partial charge in [0.25, 0.3) is 0 Å². The zero-order valence-corrected chi connectivity index (χ0v) is 6.62. The Labute approximate surface area is 70.9 Å². The van der Waals surface area contributed by atoms with E-state index in [0.29, 0.717) is 16.7 Å². The molecule has 0 aromatic heterocycles. The zero-order chi connectivity index (χ0) is 8.97. The van der Waals surface area contributed by atoms with Gasteiger partial charge in [-0.3, -0.25) is 0 Å². The van der Waals surface area contributed by atoms with E-state index in [0.717, 1.165) is 0 Å². The van der Waals surface area contributed by atoms with E-state index in [4.69, 9.17) is 15.3 Å². The average molecular weight is 167 g/mol. The van der Waals surface area contributed by atoms with Gasteiger partial charge in [-0.05, 0) is 22.8 Å². The lowest BCUT2D eigenvalue weighted by Gasteiger charge is -2.03. The van der Waals surface area contributed by atoms with Crippen molar-refractivity contribution in [2.24, 2.45) is 0 Å². The maximum atomic E-state index is 8.80. The molecule has 0 fully saturated rings. The van der Waals surface area contributed by atoms with E-state index in [1.54, 1.807) is 12.1 Å². The first-order chi connectivity index (χ1) is 5.80. The van der Waals surface area contributed by atoms with Crippen molar-refractivity contribution in [3.8, 4) is 0 Å². The first kappa shape index (κ1) is 9.19. The van der Waals surface area contributed by atoms with Crippen molar-refractivity contribution in [1.29, 1.82) is 0 Å². The predicted octanol–water partition coefficient (Wildman–Crippen LogP) is -0.0363. The summed E-state index contributed by atoms with van der Waals surface area (Å²) < 4.78 is 0. The number of rotatable bonds is 3. The van der Waals surface area contributed by atoms with Crippen molar-refractivity contribution in [3.05, 3.63) is 34.9 Å². The molecular weight excluding hydrogens is 156 g/mol. The van der Waals surface area contributed by atoms with Crippen LogP contribution in [0.5, 0.6) is 0 Å². The van der Waals surface area contributed by atoms with Gasteiger partial charge < -0.3 is 15.3 Å². The van der Waals surface area contributed by atoms with Crippen molar-refractivity contribution >= 4 is 0 Å². The lowest BCUT2D eigenvalue weighted by atomic mass is 10.1. The monoisotopic (exact) mass is 167 g/mol. The van der Waals surface area contributed by atoms with E-state index >= 15 is 0 Å². The minimum absolute atomic E-state index is 0.0886. The second-order valence-electron chi connectivity index (χ2n) is 2.51. The second kappa shape index (κ2) is 4.21. The van der Waals surface area contributed by atoms with Crippen molar-refractivity contribution in [2.45, 2.75) is 19.8 Å². The van der Waals surface area contributed by atoms with E-state index in [1.807, 2.05) is 0 Å². The Morgan fingerprint density at radius 3 is 1.75 bits per heavy atom. The standard InChI is InChI=1S/C9H11O3/c10-4-7-1-8(5-11)3-9(2-7)6-12/h1-2,10-12H,4-6H2. The van der Waals surface area contributed by atoms with Crippen LogP contribution in [0.3, 0.4) is 0 Å². The van der Waals surface area contributed by atoms with Gasteiger partial charge in [0, 0.05) is 0 Å². The molecule has 3 heteroatoms. The summed E-state index contributed by atoms with van der Waals surface area (Å²) in [5.74, 6) is 0. The van der Waals surface area contributed by atoms with Crippen molar-refractivity contribution in [2.75, 3.05) is 0 Å². The van der Waals surface area contributed by atoms with Gasteiger partial charge in [0.05, 0.1) is 19.8 Å². The van der Waals surface area contributed by atoms with Crippen LogP contribution in [-0.4, -0.2) is 15.3 Å². The van der Waals surface area contributed by atoms with E-state index in [2.05, 4.69) is 6.07 Å². The number of hydrogen-bond acceptors (Lipinski definition) is 3. The number of aliphatic hydroxyl groups excluding tert-OH is 3. The molecule has 1 radical (unpaired) electrons. The molecule has 0 saturated heterocycles. The molecule has 0 saturated carbocycles. The third-order valence-electron chi connectivity index (χ3n) is 1.56. The van der Waals surface area contributed by atoms with Gasteiger partial charge >= 0.3 is 0 Å². The van der Waals surface area contributed by atoms with Crippen LogP contribution >= 0.6 is 0 Å². The number of hydrogen-bond donors (Lipinski definition) is 3. The Balaban J connectivity index is 3.01. The molecule has 0 spiro atoms. The van der Waals surface area contributed by atoms with Crippen LogP contribution in [0.2, 0.25) is 0 Å². The van der Waals surface area contributed by atoms with Crippen LogP contribution in [-0.2, 0) is 19.8 Å². The lowest BCUT2D eigenvalue weighted by Crippen LogP contribution is -1.94. The highest BCUT2D eigenvalue weighted by Crippen LogP contribution is 2.09. The first-order valence-corrected chi connectivity index (χ1v) is 3.66. The van der Waals surface area contributed by atoms with Crippen molar-refractivity contribution < 1.29 is 15.3 Å². The molecule has 0 aliphatic heterocycles. The average Bonchev–Trinajstić information content (AvgIpc) is 2.16. The van der Waals surface area contributed by atoms with Gasteiger partial charge in [0.1, 0.15) is 0 Å². The van der Waals surface area contributed by atoms with Gasteiger partial charge in [0.2, 0.25) is 0 Å². The molecule has 65 valence electrons. The van der Waals surface area contributed by atoms with Crippen LogP contribution in [0.1, 0.15) is 16.7 Å². The summed E-state index contributed by atoms with van der Waals surface area (Å²) in [6.45, 7) is -0.337. The highest BCUT2D eigenvalue weighted by Gasteiger charge is 1.99. The molecule has 0 aliphatic rings. The highest BCUT2D eigenvalue weighted by atomic mass is 16.3. The fraction of sp³-hybridized carbons (Fsp3) is 0.333. The third-order valence-corrected chi connectivity index (χ3v) is 1.56. The number of aliphatic hydroxyl groups is 3. The van der Waals surface area contributed by atoms with Gasteiger partial charge in [-0.25, -0.2) is 0 Å². The van der Waals surface area contributed by atoms with E-state index < -0.39 is 0 Å². The van der Waals surface area contributed by atoms with E-state index in [9.17, 15) is 0 Å². The summed E-state index contributed by atoms with van der Waals surface area (Å²) in [6.07, 6.45) is 0. The largest absolute Gasteiger partial charge is 0.392 e. The van der Waals surface area contributed by atoms with Gasteiger partial charge in [0.15, 0.2) is 0 Å². The van der Waals surface area contributed by atoms with Gasteiger partial charge in [-0.1, -0.05) is 12.1 Å². The van der Waals surface area contributed by atoms with Crippen LogP contribution in [0.15, 0.2) is 12.1 Å². The Kier molecular flexibility index (Phi) is 3.22. The molecule has 0 unspecified atom stereocenters. The Hall–Kier alpha value is -0.900. The summed E-state index contributed by atoms with van der Waals surface area (Å²) in [5.41, 5.74) is 1.86. The molecule has 0 bridgehead atoms. The highest BCUT2D eigenvalue weighted by molar-refractivity contribution is 5.27. The zero-order valence-electron chi connectivity index (χ0n) is 6.62. The van der Waals surface area contributed by atoms with Crippen LogP contribution in [0.4, 0.5) is 0 Å². The summed E-state index contributed by atoms with van der Waals surface area (Å²) in [7, 11) is 0. The van der Waals surface area contributed by atoms with Crippen molar-refractivity contribution in [3.63, 3.8) is 0 Å². The summed E-state index contributed by atoms with van der Waals surface area (Å²) in [6, 6.07) is 6.11. The van der Waals surface area contributed by atoms with E-state index in [-0.39, 0.29) is 19.8 Å². The fourth-order valence-corrected chi connectivity index (χ4v) is 1.03. The van der Waals surface area contributed by atoms with Crippen LogP contribution < -0.4 is 0 Å². The minimum Gasteiger partial charge on any atom is -0.392 e. The summed E-state index contributed by atoms with van der Waals surface area (Å²) >= 11 is 0. The summed E-state index contributed by atoms with van der Waals surface area (Å²) in [4.78, 5) is 0. The Morgan fingerprint density at radius 1 is 0.917 bits per heavy atom. The van der Waals surface area contributed by atoms with E-state index in [1.165, 1.54) is 0 Å². The SMILES string of the molecule is OCc1[c]c(CO)cc(CO)c1. The third kappa shape index (κ3) is 2.04. The molecule has 1 rings (SSSR count). The Bertz CT molecular complexity index is 203. The van der Waals surface area contributed by atoms with Crippen LogP contribution in [0, 0.1) is 6.07 Å². The fourth-order valence-electron chi connectivity index (χ4n) is 1.03. The van der Waals surface area contributed by atoms with Crippen molar-refractivity contribution in [1.82, 2.24) is 0 Å². The Morgan fingerprint density at radius 2 is 1.42 bits per heavy atom. The molecule has 0 aliphatic carbocycles. The first-order valence-electron chi connectivity index (χ1n) is 3.66. The molecule has 0 amide bonds. The molecular formula is C9H11O3. The number of benzene rings is 1. The molecule has 0 atom stereocenters. The molecule has 1 aromatic rings. The normalized spacial score (nSPS) is 10.2. The topological polar surface area (TPSA) is 60.7 Å². The van der Waals surface area contributed by atoms with Gasteiger partial charge in [-0.15, -0.1) is 0 Å². The predicted molar refractivity (Wildman–Crippen MR) is 43.0 cm³/mol. The second-order valence-corrected chi connectivity index (χ2v) is 2.51. The molecule has 12 heavy (non-hydrogen) atoms.